The third-order valence-electron chi connectivity index (χ3n) is 5.68. The molecule has 0 aliphatic carbocycles. The zero-order valence-electron chi connectivity index (χ0n) is 19.5. The molecule has 2 unspecified atom stereocenters. The van der Waals surface area contributed by atoms with E-state index in [-0.39, 0.29) is 30.6 Å². The van der Waals surface area contributed by atoms with E-state index in [2.05, 4.69) is 6.47 Å². The molecule has 0 bridgehead atoms. The molecule has 0 spiro atoms. The number of aliphatic hydroxyl groups excluding tert-OH is 1. The van der Waals surface area contributed by atoms with Crippen LogP contribution >= 0.6 is 0 Å². The molecule has 0 amide bonds. The van der Waals surface area contributed by atoms with E-state index in [1.807, 2.05) is 66.3 Å². The summed E-state index contributed by atoms with van der Waals surface area (Å²) in [5, 5.41) is 22.5. The standard InChI is InChI=1S/C26H29BN2O5/c1-19(15-20-9-12-23(33-3)13-10-20)28(27-2)17-25(30)22-11-14-26(24(16-22)29(31)32)34-18-21-7-5-4-6-8-21/h4-14,16,19,25,30H,2,15,17-18H2,1,3H3. The molecule has 0 aliphatic heterocycles. The number of nitro benzene ring substituents is 1. The van der Waals surface area contributed by atoms with Gasteiger partial charge in [0.2, 0.25) is 0 Å². The maximum absolute atomic E-state index is 11.7. The summed E-state index contributed by atoms with van der Waals surface area (Å²) in [5.41, 5.74) is 2.31. The van der Waals surface area contributed by atoms with Crippen molar-refractivity contribution in [3.63, 3.8) is 0 Å². The number of rotatable bonds is 12. The van der Waals surface area contributed by atoms with Gasteiger partial charge in [-0.2, -0.15) is 0 Å². The normalized spacial score (nSPS) is 12.3. The van der Waals surface area contributed by atoms with Crippen molar-refractivity contribution in [1.82, 2.24) is 4.81 Å². The molecule has 1 N–H and O–H groups in total. The van der Waals surface area contributed by atoms with Gasteiger partial charge in [0.25, 0.3) is 0 Å². The third-order valence-corrected chi connectivity index (χ3v) is 5.68. The molecule has 0 saturated carbocycles. The zero-order valence-corrected chi connectivity index (χ0v) is 19.5. The van der Waals surface area contributed by atoms with Crippen LogP contribution in [0.25, 0.3) is 0 Å². The molecule has 0 radical (unpaired) electrons. The molecule has 3 rings (SSSR count). The average Bonchev–Trinajstić information content (AvgIpc) is 2.86. The zero-order chi connectivity index (χ0) is 24.5. The summed E-state index contributed by atoms with van der Waals surface area (Å²) in [6.07, 6.45) is -0.187. The molecule has 0 heterocycles. The summed E-state index contributed by atoms with van der Waals surface area (Å²) in [7, 11) is 3.31. The van der Waals surface area contributed by atoms with E-state index in [0.717, 1.165) is 23.3 Å². The molecule has 3 aromatic rings. The molecule has 8 heteroatoms. The Morgan fingerprint density at radius 3 is 2.41 bits per heavy atom. The van der Waals surface area contributed by atoms with Crippen molar-refractivity contribution in [2.75, 3.05) is 13.7 Å². The predicted octanol–water partition coefficient (Wildman–Crippen LogP) is 4.20. The molecule has 0 aliphatic rings. The molecule has 176 valence electrons. The van der Waals surface area contributed by atoms with Crippen LogP contribution in [-0.4, -0.2) is 48.1 Å². The van der Waals surface area contributed by atoms with Crippen molar-refractivity contribution in [2.45, 2.75) is 32.1 Å². The Morgan fingerprint density at radius 2 is 1.79 bits per heavy atom. The van der Waals surface area contributed by atoms with Crippen LogP contribution in [0.2, 0.25) is 0 Å². The summed E-state index contributed by atoms with van der Waals surface area (Å²) >= 11 is 0. The van der Waals surface area contributed by atoms with Crippen molar-refractivity contribution in [3.8, 4) is 11.5 Å². The van der Waals surface area contributed by atoms with Crippen LogP contribution in [0.1, 0.15) is 29.7 Å². The van der Waals surface area contributed by atoms with Gasteiger partial charge in [-0.05, 0) is 0 Å². The van der Waals surface area contributed by atoms with Crippen molar-refractivity contribution in [1.29, 1.82) is 0 Å². The molecule has 3 aromatic carbocycles. The molecule has 2 atom stereocenters. The second-order valence-electron chi connectivity index (χ2n) is 8.05. The summed E-state index contributed by atoms with van der Waals surface area (Å²) in [4.78, 5) is 13.1. The SMILES string of the molecule is C=BN(CC(O)c1ccc(OCc2ccccc2)c([N+](=O)[O-])c1)C(C)Cc1ccc(OC)cc1. The molecule has 0 aromatic heterocycles. The fourth-order valence-electron chi connectivity index (χ4n) is 3.70. The van der Waals surface area contributed by atoms with Crippen LogP contribution in [0.5, 0.6) is 11.5 Å². The Labute approximate surface area is 200 Å². The van der Waals surface area contributed by atoms with Gasteiger partial charge in [-0.3, -0.25) is 0 Å². The Hall–Kier alpha value is -3.65. The monoisotopic (exact) mass is 460 g/mol. The number of nitrogens with zero attached hydrogens (tertiary/aromatic N) is 2. The maximum atomic E-state index is 11.7. The molecule has 0 fully saturated rings. The first-order chi connectivity index (χ1) is 16.4. The number of benzene rings is 3. The fraction of sp³-hybridized carbons (Fsp3) is 0.269. The van der Waals surface area contributed by atoms with Crippen molar-refractivity contribution >= 4 is 19.2 Å². The van der Waals surface area contributed by atoms with Gasteiger partial charge in [0.1, 0.15) is 0 Å². The fourth-order valence-corrected chi connectivity index (χ4v) is 3.70. The first kappa shape index (κ1) is 25.0. The Morgan fingerprint density at radius 1 is 1.09 bits per heavy atom. The van der Waals surface area contributed by atoms with Crippen LogP contribution in [0.4, 0.5) is 5.69 Å². The summed E-state index contributed by atoms with van der Waals surface area (Å²) < 4.78 is 10.9. The van der Waals surface area contributed by atoms with Crippen LogP contribution in [-0.2, 0) is 13.0 Å². The van der Waals surface area contributed by atoms with Gasteiger partial charge in [0.05, 0.1) is 0 Å². The number of aliphatic hydroxyl groups is 1. The summed E-state index contributed by atoms with van der Waals surface area (Å²) in [6, 6.07) is 21.9. The average molecular weight is 460 g/mol. The van der Waals surface area contributed by atoms with Gasteiger partial charge in [0.15, 0.2) is 0 Å². The Bertz CT molecular complexity index is 1090. The van der Waals surface area contributed by atoms with Gasteiger partial charge < -0.3 is 0 Å². The Balaban J connectivity index is 1.67. The van der Waals surface area contributed by atoms with Crippen LogP contribution < -0.4 is 9.47 Å². The summed E-state index contributed by atoms with van der Waals surface area (Å²) in [6.45, 7) is 6.39. The first-order valence-corrected chi connectivity index (χ1v) is 11.1. The first-order valence-electron chi connectivity index (χ1n) is 11.1. The van der Waals surface area contributed by atoms with E-state index in [0.29, 0.717) is 5.56 Å². The van der Waals surface area contributed by atoms with Crippen LogP contribution in [0.15, 0.2) is 72.8 Å². The number of ether oxygens (including phenoxy) is 2. The third kappa shape index (κ3) is 6.68. The van der Waals surface area contributed by atoms with Gasteiger partial charge in [-0.25, -0.2) is 0 Å². The molecule has 34 heavy (non-hydrogen) atoms. The topological polar surface area (TPSA) is 85.1 Å². The number of hydrogen-bond donors (Lipinski definition) is 1. The second kappa shape index (κ2) is 12.0. The van der Waals surface area contributed by atoms with Crippen molar-refractivity contribution in [2.24, 2.45) is 0 Å². The van der Waals surface area contributed by atoms with E-state index in [9.17, 15) is 15.2 Å². The summed E-state index contributed by atoms with van der Waals surface area (Å²) in [5.74, 6) is 0.962. The molecule has 0 saturated heterocycles. The number of nitro groups is 1. The molecular formula is C26H29BN2O5. The minimum absolute atomic E-state index is 0.0593. The minimum atomic E-state index is -0.932. The van der Waals surface area contributed by atoms with E-state index in [4.69, 9.17) is 9.47 Å². The molecular weight excluding hydrogens is 431 g/mol. The number of hydrogen-bond acceptors (Lipinski definition) is 6. The van der Waals surface area contributed by atoms with Gasteiger partial charge in [-0.15, -0.1) is 0 Å². The Kier molecular flexibility index (Phi) is 8.82. The van der Waals surface area contributed by atoms with E-state index in [1.54, 1.807) is 26.3 Å². The van der Waals surface area contributed by atoms with Crippen molar-refractivity contribution in [3.05, 3.63) is 99.6 Å². The predicted molar refractivity (Wildman–Crippen MR) is 135 cm³/mol. The quantitative estimate of drug-likeness (QED) is 0.248. The van der Waals surface area contributed by atoms with Crippen LogP contribution in [0, 0.1) is 10.1 Å². The van der Waals surface area contributed by atoms with E-state index < -0.39 is 11.0 Å². The van der Waals surface area contributed by atoms with E-state index in [1.165, 1.54) is 6.07 Å². The van der Waals surface area contributed by atoms with Gasteiger partial charge in [-0.1, -0.05) is 6.07 Å². The van der Waals surface area contributed by atoms with E-state index >= 15 is 0 Å². The second-order valence-corrected chi connectivity index (χ2v) is 8.05. The number of methoxy groups -OCH3 is 1. The van der Waals surface area contributed by atoms with Gasteiger partial charge >= 0.3 is 194 Å². The molecule has 7 nitrogen and oxygen atoms in total. The van der Waals surface area contributed by atoms with Crippen LogP contribution in [0.3, 0.4) is 0 Å². The van der Waals surface area contributed by atoms with Gasteiger partial charge in [0, 0.05) is 0 Å². The van der Waals surface area contributed by atoms with Crippen molar-refractivity contribution < 1.29 is 19.5 Å².